The quantitative estimate of drug-likeness (QED) is 0.558. The lowest BCUT2D eigenvalue weighted by Crippen LogP contribution is -2.37. The molecule has 7 nitrogen and oxygen atoms in total. The first kappa shape index (κ1) is 22.6. The maximum absolute atomic E-state index is 13.2. The molecule has 0 amide bonds. The molecule has 0 bridgehead atoms. The highest BCUT2D eigenvalue weighted by Crippen LogP contribution is 2.36. The van der Waals surface area contributed by atoms with Gasteiger partial charge in [0.2, 0.25) is 10.0 Å². The minimum Gasteiger partial charge on any atom is -0.486 e. The Morgan fingerprint density at radius 3 is 2.47 bits per heavy atom. The molecule has 2 heterocycles. The van der Waals surface area contributed by atoms with E-state index < -0.39 is 10.0 Å². The molecule has 3 aromatic rings. The molecule has 2 aliphatic heterocycles. The minimum absolute atomic E-state index is 0.146. The predicted molar refractivity (Wildman–Crippen MR) is 134 cm³/mol. The number of fused-ring (bicyclic) bond motifs is 2. The number of rotatable bonds is 7. The molecule has 0 radical (unpaired) electrons. The molecule has 1 N–H and O–H groups in total. The first-order chi connectivity index (χ1) is 16.4. The highest BCUT2D eigenvalue weighted by atomic mass is 32.2. The minimum atomic E-state index is -3.75. The number of anilines is 2. The van der Waals surface area contributed by atoms with E-state index in [1.165, 1.54) is 11.6 Å². The summed E-state index contributed by atoms with van der Waals surface area (Å²) >= 11 is 0. The van der Waals surface area contributed by atoms with Gasteiger partial charge in [0.1, 0.15) is 13.2 Å². The summed E-state index contributed by atoms with van der Waals surface area (Å²) in [6, 6.07) is 21.2. The predicted octanol–water partition coefficient (Wildman–Crippen LogP) is 3.61. The van der Waals surface area contributed by atoms with Gasteiger partial charge < -0.3 is 19.3 Å². The van der Waals surface area contributed by atoms with Gasteiger partial charge in [-0.05, 0) is 47.9 Å². The molecular formula is C26H29N3O4S. The van der Waals surface area contributed by atoms with Crippen LogP contribution in [0.4, 0.5) is 11.4 Å². The van der Waals surface area contributed by atoms with Crippen molar-refractivity contribution >= 4 is 21.4 Å². The van der Waals surface area contributed by atoms with Crippen molar-refractivity contribution in [2.45, 2.75) is 17.4 Å². The van der Waals surface area contributed by atoms with Crippen molar-refractivity contribution in [3.63, 3.8) is 0 Å². The fourth-order valence-electron chi connectivity index (χ4n) is 4.55. The van der Waals surface area contributed by atoms with Crippen LogP contribution in [0, 0.1) is 0 Å². The van der Waals surface area contributed by atoms with E-state index >= 15 is 0 Å². The van der Waals surface area contributed by atoms with Crippen molar-refractivity contribution in [2.75, 3.05) is 50.2 Å². The number of nitrogens with zero attached hydrogens (tertiary/aromatic N) is 2. The number of benzene rings is 3. The molecule has 0 saturated carbocycles. The van der Waals surface area contributed by atoms with Gasteiger partial charge in [0.15, 0.2) is 11.5 Å². The third-order valence-electron chi connectivity index (χ3n) is 6.38. The summed E-state index contributed by atoms with van der Waals surface area (Å²) in [5.41, 5.74) is 4.60. The van der Waals surface area contributed by atoms with E-state index in [1.807, 2.05) is 26.2 Å². The second-order valence-corrected chi connectivity index (χ2v) is 10.5. The molecule has 0 spiro atoms. The third kappa shape index (κ3) is 4.43. The van der Waals surface area contributed by atoms with Gasteiger partial charge >= 0.3 is 0 Å². The van der Waals surface area contributed by atoms with Crippen molar-refractivity contribution in [3.8, 4) is 11.5 Å². The Morgan fingerprint density at radius 1 is 0.971 bits per heavy atom. The van der Waals surface area contributed by atoms with E-state index in [0.717, 1.165) is 29.9 Å². The summed E-state index contributed by atoms with van der Waals surface area (Å²) in [6.07, 6.45) is 0.942. The van der Waals surface area contributed by atoms with E-state index in [4.69, 9.17) is 9.47 Å². The molecule has 2 aliphatic rings. The second-order valence-electron chi connectivity index (χ2n) is 8.73. The highest BCUT2D eigenvalue weighted by molar-refractivity contribution is 7.89. The average molecular weight is 480 g/mol. The Hall–Kier alpha value is -3.23. The Kier molecular flexibility index (Phi) is 6.10. The van der Waals surface area contributed by atoms with E-state index in [1.54, 1.807) is 12.1 Å². The molecular weight excluding hydrogens is 450 g/mol. The van der Waals surface area contributed by atoms with E-state index in [0.29, 0.717) is 24.7 Å². The van der Waals surface area contributed by atoms with Gasteiger partial charge in [-0.25, -0.2) is 13.1 Å². The average Bonchev–Trinajstić information content (AvgIpc) is 3.28. The van der Waals surface area contributed by atoms with Crippen LogP contribution < -0.4 is 24.0 Å². The largest absolute Gasteiger partial charge is 0.486 e. The van der Waals surface area contributed by atoms with Crippen LogP contribution in [0.1, 0.15) is 17.2 Å². The molecule has 0 aromatic heterocycles. The van der Waals surface area contributed by atoms with Crippen LogP contribution in [-0.2, 0) is 16.4 Å². The number of sulfonamides is 1. The maximum atomic E-state index is 13.2. The molecule has 34 heavy (non-hydrogen) atoms. The zero-order chi connectivity index (χ0) is 23.7. The van der Waals surface area contributed by atoms with Gasteiger partial charge in [-0.2, -0.15) is 0 Å². The standard InChI is InChI=1S/C26H29N3O4S/c1-28(2)21-9-7-20(8-10-21)24(29-14-13-19-5-3-4-6-23(19)29)18-27-34(30,31)22-11-12-25-26(17-22)33-16-15-32-25/h3-12,17,24,27H,13-16,18H2,1-2H3. The van der Waals surface area contributed by atoms with Gasteiger partial charge in [0.05, 0.1) is 10.9 Å². The lowest BCUT2D eigenvalue weighted by molar-refractivity contribution is 0.171. The van der Waals surface area contributed by atoms with Gasteiger partial charge in [0, 0.05) is 44.6 Å². The van der Waals surface area contributed by atoms with Crippen LogP contribution in [0.5, 0.6) is 11.5 Å². The summed E-state index contributed by atoms with van der Waals surface area (Å²) in [5.74, 6) is 1.02. The van der Waals surface area contributed by atoms with Crippen LogP contribution >= 0.6 is 0 Å². The smallest absolute Gasteiger partial charge is 0.240 e. The first-order valence-corrected chi connectivity index (χ1v) is 12.9. The number of ether oxygens (including phenoxy) is 2. The third-order valence-corrected chi connectivity index (χ3v) is 7.81. The molecule has 8 heteroatoms. The zero-order valence-corrected chi connectivity index (χ0v) is 20.2. The number of para-hydroxylation sites is 1. The molecule has 0 fully saturated rings. The molecule has 3 aromatic carbocycles. The summed E-state index contributed by atoms with van der Waals surface area (Å²) < 4.78 is 40.4. The van der Waals surface area contributed by atoms with Crippen molar-refractivity contribution in [2.24, 2.45) is 0 Å². The Morgan fingerprint density at radius 2 is 1.71 bits per heavy atom. The molecule has 0 saturated heterocycles. The zero-order valence-electron chi connectivity index (χ0n) is 19.4. The van der Waals surface area contributed by atoms with E-state index in [9.17, 15) is 8.42 Å². The maximum Gasteiger partial charge on any atom is 0.240 e. The number of hydrogen-bond acceptors (Lipinski definition) is 6. The lowest BCUT2D eigenvalue weighted by atomic mass is 10.0. The summed E-state index contributed by atoms with van der Waals surface area (Å²) in [4.78, 5) is 4.51. The highest BCUT2D eigenvalue weighted by Gasteiger charge is 2.29. The van der Waals surface area contributed by atoms with E-state index in [-0.39, 0.29) is 17.5 Å². The van der Waals surface area contributed by atoms with Crippen molar-refractivity contribution < 1.29 is 17.9 Å². The monoisotopic (exact) mass is 479 g/mol. The molecule has 1 atom stereocenters. The van der Waals surface area contributed by atoms with E-state index in [2.05, 4.69) is 50.9 Å². The fraction of sp³-hybridized carbons (Fsp3) is 0.308. The van der Waals surface area contributed by atoms with Crippen LogP contribution in [0.3, 0.4) is 0 Å². The van der Waals surface area contributed by atoms with Crippen LogP contribution in [0.2, 0.25) is 0 Å². The number of hydrogen-bond donors (Lipinski definition) is 1. The molecule has 0 aliphatic carbocycles. The van der Waals surface area contributed by atoms with Gasteiger partial charge in [-0.15, -0.1) is 0 Å². The van der Waals surface area contributed by atoms with Gasteiger partial charge in [0.25, 0.3) is 0 Å². The topological polar surface area (TPSA) is 71.1 Å². The molecule has 5 rings (SSSR count). The Labute approximate surface area is 201 Å². The summed E-state index contributed by atoms with van der Waals surface area (Å²) in [6.45, 7) is 1.95. The fourth-order valence-corrected chi connectivity index (χ4v) is 5.61. The van der Waals surface area contributed by atoms with Crippen LogP contribution in [0.15, 0.2) is 71.6 Å². The SMILES string of the molecule is CN(C)c1ccc(C(CNS(=O)(=O)c2ccc3c(c2)OCCO3)N2CCc3ccccc32)cc1. The lowest BCUT2D eigenvalue weighted by Gasteiger charge is -2.31. The van der Waals surface area contributed by atoms with Crippen LogP contribution in [-0.4, -0.2) is 48.8 Å². The van der Waals surface area contributed by atoms with Crippen molar-refractivity contribution in [3.05, 3.63) is 77.9 Å². The normalized spacial score (nSPS) is 15.6. The molecule has 1 unspecified atom stereocenters. The van der Waals surface area contributed by atoms with Crippen molar-refractivity contribution in [1.29, 1.82) is 0 Å². The van der Waals surface area contributed by atoms with Gasteiger partial charge in [-0.1, -0.05) is 30.3 Å². The van der Waals surface area contributed by atoms with Crippen LogP contribution in [0.25, 0.3) is 0 Å². The Balaban J connectivity index is 1.43. The van der Waals surface area contributed by atoms with Gasteiger partial charge in [-0.3, -0.25) is 0 Å². The molecule has 178 valence electrons. The van der Waals surface area contributed by atoms with Crippen molar-refractivity contribution in [1.82, 2.24) is 4.72 Å². The first-order valence-electron chi connectivity index (χ1n) is 11.4. The Bertz CT molecular complexity index is 1280. The summed E-state index contributed by atoms with van der Waals surface area (Å²) in [7, 11) is 0.263. The number of nitrogens with one attached hydrogen (secondary N) is 1. The second kappa shape index (κ2) is 9.19. The summed E-state index contributed by atoms with van der Waals surface area (Å²) in [5, 5.41) is 0.